The minimum absolute atomic E-state index is 0.164. The van der Waals surface area contributed by atoms with Crippen molar-refractivity contribution >= 4 is 55.7 Å². The van der Waals surface area contributed by atoms with Crippen molar-refractivity contribution in [1.82, 2.24) is 0 Å². The summed E-state index contributed by atoms with van der Waals surface area (Å²) in [6, 6.07) is 89.4. The van der Waals surface area contributed by atoms with Gasteiger partial charge in [-0.3, -0.25) is 0 Å². The van der Waals surface area contributed by atoms with E-state index in [4.69, 9.17) is 0 Å². The van der Waals surface area contributed by atoms with Crippen molar-refractivity contribution in [1.29, 1.82) is 0 Å². The van der Waals surface area contributed by atoms with Crippen molar-refractivity contribution < 1.29 is 0 Å². The van der Waals surface area contributed by atoms with Crippen molar-refractivity contribution in [3.63, 3.8) is 0 Å². The predicted molar refractivity (Wildman–Crippen MR) is 297 cm³/mol. The van der Waals surface area contributed by atoms with Gasteiger partial charge < -0.3 is 9.80 Å². The Morgan fingerprint density at radius 1 is 0.257 bits per heavy atom. The van der Waals surface area contributed by atoms with E-state index >= 15 is 0 Å². The first-order valence-corrected chi connectivity index (χ1v) is 24.6. The smallest absolute Gasteiger partial charge is 0.0540 e. The molecular formula is C68H52N2. The van der Waals surface area contributed by atoms with Gasteiger partial charge in [0.15, 0.2) is 0 Å². The summed E-state index contributed by atoms with van der Waals surface area (Å²) in [5.74, 6) is 0. The first-order valence-electron chi connectivity index (χ1n) is 24.6. The zero-order valence-electron chi connectivity index (χ0n) is 40.0. The van der Waals surface area contributed by atoms with E-state index in [9.17, 15) is 0 Å². The number of hydrogen-bond acceptors (Lipinski definition) is 2. The highest BCUT2D eigenvalue weighted by Gasteiger charge is 2.42. The van der Waals surface area contributed by atoms with E-state index in [0.29, 0.717) is 0 Å². The van der Waals surface area contributed by atoms with Crippen molar-refractivity contribution in [2.24, 2.45) is 0 Å². The lowest BCUT2D eigenvalue weighted by Gasteiger charge is -2.27. The van der Waals surface area contributed by atoms with E-state index in [1.807, 2.05) is 0 Å². The van der Waals surface area contributed by atoms with Gasteiger partial charge >= 0.3 is 0 Å². The molecule has 334 valence electrons. The number of para-hydroxylation sites is 2. The molecule has 0 atom stereocenters. The molecule has 2 heteroatoms. The summed E-state index contributed by atoms with van der Waals surface area (Å²) < 4.78 is 0. The maximum absolute atomic E-state index is 2.53. The molecule has 0 fully saturated rings. The van der Waals surface area contributed by atoms with E-state index < -0.39 is 0 Å². The van der Waals surface area contributed by atoms with Gasteiger partial charge in [0.25, 0.3) is 0 Å². The standard InChI is InChI=1S/C68H52N2/c1-67(2)61-41-49(45-29-35-53(36-30-45)69(51-21-7-5-8-22-51)65-27-15-19-47-17-11-13-25-55(47)65)33-39-57(61)59-44-64-60(43-63(59)67)58-40-34-50(42-62(58)68(64,3)4)46-31-37-54(38-32-46)70(52-23-9-6-10-24-52)66-28-16-20-48-18-12-14-26-56(48)66/h5-44H,1-4H3. The normalized spacial score (nSPS) is 13.7. The van der Waals surface area contributed by atoms with E-state index in [0.717, 1.165) is 22.7 Å². The van der Waals surface area contributed by atoms with Gasteiger partial charge in [-0.25, -0.2) is 0 Å². The molecule has 0 N–H and O–H groups in total. The van der Waals surface area contributed by atoms with Gasteiger partial charge in [-0.05, 0) is 162 Å². The monoisotopic (exact) mass is 896 g/mol. The van der Waals surface area contributed by atoms with Crippen LogP contribution in [0, 0.1) is 0 Å². The first-order chi connectivity index (χ1) is 34.2. The van der Waals surface area contributed by atoms with Crippen molar-refractivity contribution in [2.45, 2.75) is 38.5 Å². The van der Waals surface area contributed by atoms with E-state index in [1.165, 1.54) is 99.7 Å². The SMILES string of the molecule is CC1(C)c2cc(-c3ccc(N(c4ccccc4)c4cccc5ccccc45)cc3)ccc2-c2cc3c(cc21)-c1ccc(-c2ccc(N(c4ccccc4)c4cccc5ccccc45)cc2)cc1C3(C)C. The van der Waals surface area contributed by atoms with Crippen LogP contribution in [0.3, 0.4) is 0 Å². The van der Waals surface area contributed by atoms with Crippen LogP contribution in [-0.2, 0) is 10.8 Å². The van der Waals surface area contributed by atoms with Crippen molar-refractivity contribution in [3.8, 4) is 44.5 Å². The summed E-state index contributed by atoms with van der Waals surface area (Å²) in [4.78, 5) is 4.75. The van der Waals surface area contributed by atoms with Gasteiger partial charge in [-0.15, -0.1) is 0 Å². The molecule has 70 heavy (non-hydrogen) atoms. The Labute approximate surface area is 411 Å². The van der Waals surface area contributed by atoms with Crippen LogP contribution in [0.15, 0.2) is 243 Å². The van der Waals surface area contributed by atoms with Crippen LogP contribution in [0.2, 0.25) is 0 Å². The molecule has 2 aliphatic carbocycles. The Hall–Kier alpha value is -8.46. The Balaban J connectivity index is 0.809. The molecule has 0 amide bonds. The molecule has 13 rings (SSSR count). The maximum atomic E-state index is 2.53. The van der Waals surface area contributed by atoms with Crippen LogP contribution >= 0.6 is 0 Å². The average molecular weight is 897 g/mol. The van der Waals surface area contributed by atoms with E-state index in [1.54, 1.807) is 0 Å². The number of benzene rings is 11. The van der Waals surface area contributed by atoms with Gasteiger partial charge in [0.2, 0.25) is 0 Å². The van der Waals surface area contributed by atoms with Crippen LogP contribution < -0.4 is 9.80 Å². The quantitative estimate of drug-likeness (QED) is 0.150. The third-order valence-electron chi connectivity index (χ3n) is 15.4. The second-order valence-corrected chi connectivity index (χ2v) is 20.1. The highest BCUT2D eigenvalue weighted by atomic mass is 15.1. The maximum Gasteiger partial charge on any atom is 0.0540 e. The molecule has 0 heterocycles. The molecule has 0 saturated heterocycles. The molecule has 2 aliphatic rings. The fraction of sp³-hybridized carbons (Fsp3) is 0.0882. The van der Waals surface area contributed by atoms with Gasteiger partial charge in [0.1, 0.15) is 0 Å². The summed E-state index contributed by atoms with van der Waals surface area (Å²) in [7, 11) is 0. The Bertz CT molecular complexity index is 3550. The van der Waals surface area contributed by atoms with Crippen LogP contribution in [0.5, 0.6) is 0 Å². The average Bonchev–Trinajstić information content (AvgIpc) is 3.77. The van der Waals surface area contributed by atoms with Gasteiger partial charge in [-0.1, -0.05) is 185 Å². The Morgan fingerprint density at radius 3 is 1.00 bits per heavy atom. The summed E-state index contributed by atoms with van der Waals surface area (Å²) in [6.45, 7) is 9.63. The molecule has 11 aromatic carbocycles. The highest BCUT2D eigenvalue weighted by Crippen LogP contribution is 2.57. The summed E-state index contributed by atoms with van der Waals surface area (Å²) in [6.07, 6.45) is 0. The predicted octanol–water partition coefficient (Wildman–Crippen LogP) is 18.9. The zero-order chi connectivity index (χ0) is 47.1. The van der Waals surface area contributed by atoms with Crippen LogP contribution in [-0.4, -0.2) is 0 Å². The molecule has 0 radical (unpaired) electrons. The molecule has 0 aromatic heterocycles. The number of hydrogen-bond donors (Lipinski definition) is 0. The minimum Gasteiger partial charge on any atom is -0.310 e. The second kappa shape index (κ2) is 16.1. The molecule has 0 aliphatic heterocycles. The molecule has 0 spiro atoms. The second-order valence-electron chi connectivity index (χ2n) is 20.1. The minimum atomic E-state index is -0.164. The van der Waals surface area contributed by atoms with Crippen LogP contribution in [0.1, 0.15) is 49.9 Å². The van der Waals surface area contributed by atoms with Gasteiger partial charge in [0, 0.05) is 44.4 Å². The molecule has 2 nitrogen and oxygen atoms in total. The third kappa shape index (κ3) is 6.62. The number of anilines is 6. The Morgan fingerprint density at radius 2 is 0.586 bits per heavy atom. The van der Waals surface area contributed by atoms with Gasteiger partial charge in [-0.2, -0.15) is 0 Å². The van der Waals surface area contributed by atoms with Crippen LogP contribution in [0.4, 0.5) is 34.1 Å². The fourth-order valence-electron chi connectivity index (χ4n) is 11.7. The lowest BCUT2D eigenvalue weighted by Crippen LogP contribution is -2.17. The topological polar surface area (TPSA) is 6.48 Å². The molecule has 11 aromatic rings. The molecule has 0 bridgehead atoms. The summed E-state index contributed by atoms with van der Waals surface area (Å²) in [5, 5.41) is 4.92. The largest absolute Gasteiger partial charge is 0.310 e. The van der Waals surface area contributed by atoms with E-state index in [2.05, 4.69) is 280 Å². The highest BCUT2D eigenvalue weighted by molar-refractivity contribution is 6.01. The summed E-state index contributed by atoms with van der Waals surface area (Å²) in [5.41, 5.74) is 22.4. The molecular weight excluding hydrogens is 845 g/mol. The lowest BCUT2D eigenvalue weighted by atomic mass is 9.79. The number of rotatable bonds is 8. The fourth-order valence-corrected chi connectivity index (χ4v) is 11.7. The van der Waals surface area contributed by atoms with Crippen molar-refractivity contribution in [3.05, 3.63) is 265 Å². The lowest BCUT2D eigenvalue weighted by molar-refractivity contribution is 0.652. The van der Waals surface area contributed by atoms with E-state index in [-0.39, 0.29) is 10.8 Å². The number of fused-ring (bicyclic) bond motifs is 8. The van der Waals surface area contributed by atoms with Gasteiger partial charge in [0.05, 0.1) is 11.4 Å². The molecule has 0 unspecified atom stereocenters. The van der Waals surface area contributed by atoms with Crippen LogP contribution in [0.25, 0.3) is 66.1 Å². The Kier molecular flexibility index (Phi) is 9.58. The summed E-state index contributed by atoms with van der Waals surface area (Å²) >= 11 is 0. The third-order valence-corrected chi connectivity index (χ3v) is 15.4. The number of nitrogens with zero attached hydrogens (tertiary/aromatic N) is 2. The molecule has 0 saturated carbocycles. The van der Waals surface area contributed by atoms with Crippen molar-refractivity contribution in [2.75, 3.05) is 9.80 Å². The zero-order valence-corrected chi connectivity index (χ0v) is 40.0. The first kappa shape index (κ1) is 41.7.